The molecule has 1 aromatic carbocycles. The van der Waals surface area contributed by atoms with E-state index in [2.05, 4.69) is 15.2 Å². The van der Waals surface area contributed by atoms with Gasteiger partial charge < -0.3 is 14.4 Å². The van der Waals surface area contributed by atoms with Crippen LogP contribution in [-0.4, -0.2) is 31.5 Å². The van der Waals surface area contributed by atoms with Crippen molar-refractivity contribution in [3.63, 3.8) is 0 Å². The zero-order chi connectivity index (χ0) is 15.4. The number of aliphatic hydroxyl groups is 1. The first-order valence-corrected chi connectivity index (χ1v) is 7.13. The van der Waals surface area contributed by atoms with Crippen LogP contribution in [0.5, 0.6) is 5.88 Å². The summed E-state index contributed by atoms with van der Waals surface area (Å²) in [4.78, 5) is 4.13. The minimum absolute atomic E-state index is 0.0468. The Balaban J connectivity index is 1.73. The van der Waals surface area contributed by atoms with E-state index in [0.717, 1.165) is 17.0 Å². The van der Waals surface area contributed by atoms with Crippen molar-refractivity contribution in [2.45, 2.75) is 19.6 Å². The predicted molar refractivity (Wildman–Crippen MR) is 82.4 cm³/mol. The Kier molecular flexibility index (Phi) is 4.20. The molecule has 0 aliphatic rings. The minimum Gasteiger partial charge on any atom is -0.472 e. The number of nitrogens with one attached hydrogen (secondary N) is 1. The van der Waals surface area contributed by atoms with Crippen molar-refractivity contribution in [3.8, 4) is 17.3 Å². The second kappa shape index (κ2) is 6.44. The summed E-state index contributed by atoms with van der Waals surface area (Å²) >= 11 is 0. The van der Waals surface area contributed by atoms with Crippen LogP contribution in [0.4, 0.5) is 0 Å². The smallest absolute Gasteiger partial charge is 0.233 e. The molecule has 0 aliphatic heterocycles. The van der Waals surface area contributed by atoms with Gasteiger partial charge in [0.05, 0.1) is 36.6 Å². The molecule has 2 N–H and O–H groups in total. The first-order chi connectivity index (χ1) is 10.8. The molecule has 1 atom stereocenters. The van der Waals surface area contributed by atoms with Crippen LogP contribution in [0, 0.1) is 0 Å². The van der Waals surface area contributed by atoms with Crippen molar-refractivity contribution >= 4 is 0 Å². The third-order valence-electron chi connectivity index (χ3n) is 3.47. The summed E-state index contributed by atoms with van der Waals surface area (Å²) in [6.45, 7) is 2.45. The summed E-state index contributed by atoms with van der Waals surface area (Å²) < 4.78 is 7.57. The maximum atomic E-state index is 9.29. The quantitative estimate of drug-likeness (QED) is 0.732. The molecule has 0 fully saturated rings. The first kappa shape index (κ1) is 14.3. The van der Waals surface area contributed by atoms with Crippen molar-refractivity contribution in [1.82, 2.24) is 19.7 Å². The molecule has 0 aliphatic carbocycles. The van der Waals surface area contributed by atoms with Gasteiger partial charge in [0.1, 0.15) is 6.61 Å². The van der Waals surface area contributed by atoms with E-state index in [9.17, 15) is 5.11 Å². The van der Waals surface area contributed by atoms with E-state index in [-0.39, 0.29) is 12.6 Å². The predicted octanol–water partition coefficient (Wildman–Crippen LogP) is 2.41. The van der Waals surface area contributed by atoms with Gasteiger partial charge in [-0.05, 0) is 12.5 Å². The van der Waals surface area contributed by atoms with Gasteiger partial charge in [0.15, 0.2) is 0 Å². The highest BCUT2D eigenvalue weighted by molar-refractivity contribution is 5.55. The van der Waals surface area contributed by atoms with E-state index < -0.39 is 0 Å². The third kappa shape index (κ3) is 3.01. The van der Waals surface area contributed by atoms with Crippen molar-refractivity contribution in [1.29, 1.82) is 0 Å². The van der Waals surface area contributed by atoms with Crippen LogP contribution in [0.25, 0.3) is 11.4 Å². The average Bonchev–Trinajstić information content (AvgIpc) is 3.22. The molecule has 3 rings (SSSR count). The molecule has 0 unspecified atom stereocenters. The lowest BCUT2D eigenvalue weighted by Crippen LogP contribution is -2.09. The fourth-order valence-corrected chi connectivity index (χ4v) is 2.19. The summed E-state index contributed by atoms with van der Waals surface area (Å²) in [5.74, 6) is 0.531. The van der Waals surface area contributed by atoms with E-state index >= 15 is 0 Å². The van der Waals surface area contributed by atoms with Crippen molar-refractivity contribution in [2.75, 3.05) is 6.61 Å². The minimum atomic E-state index is -0.0468. The Labute approximate surface area is 128 Å². The number of H-pyrrole nitrogens is 1. The molecule has 3 aromatic rings. The van der Waals surface area contributed by atoms with E-state index in [0.29, 0.717) is 12.5 Å². The van der Waals surface area contributed by atoms with Crippen LogP contribution in [-0.2, 0) is 6.61 Å². The van der Waals surface area contributed by atoms with Crippen LogP contribution in [0.2, 0.25) is 0 Å². The van der Waals surface area contributed by atoms with Gasteiger partial charge in [-0.3, -0.25) is 5.10 Å². The molecule has 2 heterocycles. The highest BCUT2D eigenvalue weighted by Gasteiger charge is 2.13. The lowest BCUT2D eigenvalue weighted by atomic mass is 10.2. The average molecular weight is 298 g/mol. The number of nitrogens with zero attached hydrogens (tertiary/aromatic N) is 3. The highest BCUT2D eigenvalue weighted by atomic mass is 16.5. The number of hydrogen-bond acceptors (Lipinski definition) is 4. The maximum absolute atomic E-state index is 9.29. The van der Waals surface area contributed by atoms with Gasteiger partial charge in [0, 0.05) is 6.07 Å². The van der Waals surface area contributed by atoms with Crippen LogP contribution in [0.1, 0.15) is 18.5 Å². The van der Waals surface area contributed by atoms with Gasteiger partial charge in [-0.2, -0.15) is 0 Å². The summed E-state index contributed by atoms with van der Waals surface area (Å²) in [5, 5.41) is 16.4. The number of aromatic amines is 1. The summed E-state index contributed by atoms with van der Waals surface area (Å²) in [6, 6.07) is 11.7. The van der Waals surface area contributed by atoms with E-state index in [1.807, 2.05) is 47.9 Å². The number of hydrogen-bond donors (Lipinski definition) is 2. The number of aromatic nitrogens is 4. The standard InChI is InChI=1S/C16H18N4O2/c1-12(9-21)20-11-17-8-15(20)14-7-16(19-18-14)22-10-13-5-3-2-4-6-13/h2-8,11-12,21H,9-10H2,1H3,(H,18,19)/t12-/m0/s1. The Bertz CT molecular complexity index is 721. The lowest BCUT2D eigenvalue weighted by Gasteiger charge is -2.12. The molecule has 22 heavy (non-hydrogen) atoms. The third-order valence-corrected chi connectivity index (χ3v) is 3.47. The van der Waals surface area contributed by atoms with E-state index in [4.69, 9.17) is 4.74 Å². The van der Waals surface area contributed by atoms with Crippen LogP contribution < -0.4 is 4.74 Å². The molecule has 6 heteroatoms. The summed E-state index contributed by atoms with van der Waals surface area (Å²) in [7, 11) is 0. The maximum Gasteiger partial charge on any atom is 0.233 e. The molecule has 0 bridgehead atoms. The van der Waals surface area contributed by atoms with E-state index in [1.165, 1.54) is 0 Å². The summed E-state index contributed by atoms with van der Waals surface area (Å²) in [5.41, 5.74) is 2.76. The molecular formula is C16H18N4O2. The monoisotopic (exact) mass is 298 g/mol. The summed E-state index contributed by atoms with van der Waals surface area (Å²) in [6.07, 6.45) is 3.43. The molecule has 2 aromatic heterocycles. The first-order valence-electron chi connectivity index (χ1n) is 7.13. The number of aliphatic hydroxyl groups excluding tert-OH is 1. The second-order valence-electron chi connectivity index (χ2n) is 5.11. The van der Waals surface area contributed by atoms with Gasteiger partial charge in [-0.15, -0.1) is 5.10 Å². The Morgan fingerprint density at radius 3 is 2.91 bits per heavy atom. The lowest BCUT2D eigenvalue weighted by molar-refractivity contribution is 0.239. The van der Waals surface area contributed by atoms with Gasteiger partial charge in [0.2, 0.25) is 5.88 Å². The SMILES string of the molecule is C[C@@H](CO)n1cncc1-c1cc(OCc2ccccc2)n[nH]1. The number of benzene rings is 1. The molecule has 0 saturated carbocycles. The largest absolute Gasteiger partial charge is 0.472 e. The van der Waals surface area contributed by atoms with Crippen LogP contribution in [0.3, 0.4) is 0 Å². The molecule has 0 saturated heterocycles. The topological polar surface area (TPSA) is 76.0 Å². The molecular weight excluding hydrogens is 280 g/mol. The normalized spacial score (nSPS) is 12.3. The van der Waals surface area contributed by atoms with E-state index in [1.54, 1.807) is 12.5 Å². The second-order valence-corrected chi connectivity index (χ2v) is 5.11. The van der Waals surface area contributed by atoms with Crippen LogP contribution >= 0.6 is 0 Å². The molecule has 114 valence electrons. The fourth-order valence-electron chi connectivity index (χ4n) is 2.19. The Hall–Kier alpha value is -2.60. The number of ether oxygens (including phenoxy) is 1. The zero-order valence-corrected chi connectivity index (χ0v) is 12.3. The highest BCUT2D eigenvalue weighted by Crippen LogP contribution is 2.23. The van der Waals surface area contributed by atoms with Gasteiger partial charge in [0.25, 0.3) is 0 Å². The fraction of sp³-hybridized carbons (Fsp3) is 0.250. The van der Waals surface area contributed by atoms with Gasteiger partial charge in [-0.25, -0.2) is 4.98 Å². The van der Waals surface area contributed by atoms with Crippen molar-refractivity contribution in [2.24, 2.45) is 0 Å². The molecule has 0 radical (unpaired) electrons. The van der Waals surface area contributed by atoms with Gasteiger partial charge >= 0.3 is 0 Å². The Morgan fingerprint density at radius 1 is 1.32 bits per heavy atom. The number of rotatable bonds is 6. The van der Waals surface area contributed by atoms with Crippen molar-refractivity contribution < 1.29 is 9.84 Å². The van der Waals surface area contributed by atoms with Gasteiger partial charge in [-0.1, -0.05) is 30.3 Å². The Morgan fingerprint density at radius 2 is 2.14 bits per heavy atom. The molecule has 6 nitrogen and oxygen atoms in total. The van der Waals surface area contributed by atoms with Crippen molar-refractivity contribution in [3.05, 3.63) is 54.5 Å². The zero-order valence-electron chi connectivity index (χ0n) is 12.3. The number of imidazole rings is 1. The molecule has 0 amide bonds. The molecule has 0 spiro atoms. The van der Waals surface area contributed by atoms with Crippen LogP contribution in [0.15, 0.2) is 48.9 Å².